The van der Waals surface area contributed by atoms with E-state index >= 15 is 0 Å². The third kappa shape index (κ3) is 4.03. The summed E-state index contributed by atoms with van der Waals surface area (Å²) in [5.41, 5.74) is 1.46. The number of nitrogens with zero attached hydrogens (tertiary/aromatic N) is 2. The molecule has 2 aliphatic heterocycles. The second kappa shape index (κ2) is 8.30. The maximum absolute atomic E-state index is 2.85. The zero-order chi connectivity index (χ0) is 17.1. The minimum Gasteiger partial charge on any atom is -0.263 e. The van der Waals surface area contributed by atoms with Crippen molar-refractivity contribution < 1.29 is 0 Å². The highest BCUT2D eigenvalue weighted by Gasteiger charge is 2.35. The van der Waals surface area contributed by atoms with Crippen molar-refractivity contribution in [2.24, 2.45) is 0 Å². The van der Waals surface area contributed by atoms with Crippen molar-refractivity contribution in [3.05, 3.63) is 29.8 Å². The number of benzene rings is 1. The predicted octanol–water partition coefficient (Wildman–Crippen LogP) is 5.50. The van der Waals surface area contributed by atoms with Gasteiger partial charge in [0.05, 0.1) is 8.22 Å². The summed E-state index contributed by atoms with van der Waals surface area (Å²) in [5, 5.41) is 1.57. The molecule has 0 spiro atoms. The van der Waals surface area contributed by atoms with Gasteiger partial charge in [-0.2, -0.15) is 0 Å². The lowest BCUT2D eigenvalue weighted by atomic mass is 10.0. The van der Waals surface area contributed by atoms with Crippen molar-refractivity contribution in [1.82, 2.24) is 9.34 Å². The van der Waals surface area contributed by atoms with E-state index in [0.29, 0.717) is 5.92 Å². The first-order valence-electron chi connectivity index (χ1n) is 10.0. The summed E-state index contributed by atoms with van der Waals surface area (Å²) >= 11 is 0. The summed E-state index contributed by atoms with van der Waals surface area (Å²) in [7, 11) is -0.336. The Morgan fingerprint density at radius 1 is 0.833 bits per heavy atom. The molecule has 2 heterocycles. The molecule has 1 aromatic rings. The molecule has 2 nitrogen and oxygen atoms in total. The Balaban J connectivity index is 1.91. The number of rotatable bonds is 4. The topological polar surface area (TPSA) is 6.48 Å². The zero-order valence-corrected chi connectivity index (χ0v) is 16.9. The molecule has 0 aromatic heterocycles. The van der Waals surface area contributed by atoms with E-state index in [1.807, 2.05) is 0 Å². The molecule has 2 fully saturated rings. The number of piperidine rings is 2. The van der Waals surface area contributed by atoms with Crippen LogP contribution in [0.25, 0.3) is 0 Å². The van der Waals surface area contributed by atoms with Gasteiger partial charge in [-0.1, -0.05) is 51.0 Å². The molecule has 0 bridgehead atoms. The molecule has 3 rings (SSSR count). The van der Waals surface area contributed by atoms with Gasteiger partial charge in [-0.3, -0.25) is 9.34 Å². The fourth-order valence-electron chi connectivity index (χ4n) is 4.17. The Hall–Kier alpha value is -0.430. The molecular formula is C21H35N2P. The molecule has 0 saturated carbocycles. The lowest BCUT2D eigenvalue weighted by Crippen LogP contribution is -2.45. The highest BCUT2D eigenvalue weighted by molar-refractivity contribution is 7.61. The fraction of sp³-hybridized carbons (Fsp3) is 0.714. The molecule has 0 aliphatic carbocycles. The van der Waals surface area contributed by atoms with Crippen LogP contribution in [0, 0.1) is 0 Å². The standard InChI is InChI=1S/C21H35N2P/c1-17(2)20-11-13-21(14-12-20)24(22-15-7-5-9-18(22)3)23-16-8-6-10-19(23)4/h11-14,17-19H,5-10,15-16H2,1-4H3/t18-,19-/m1/s1. The van der Waals surface area contributed by atoms with Crippen LogP contribution in [-0.2, 0) is 0 Å². The third-order valence-electron chi connectivity index (χ3n) is 5.81. The summed E-state index contributed by atoms with van der Waals surface area (Å²) in [6, 6.07) is 11.1. The summed E-state index contributed by atoms with van der Waals surface area (Å²) in [4.78, 5) is 0. The summed E-state index contributed by atoms with van der Waals surface area (Å²) in [6.07, 6.45) is 8.28. The van der Waals surface area contributed by atoms with Gasteiger partial charge >= 0.3 is 0 Å². The molecule has 0 amide bonds. The SMILES string of the molecule is CC(C)c1ccc(P(N2CCCC[C@H]2C)N2CCCC[C@H]2C)cc1. The van der Waals surface area contributed by atoms with Crippen LogP contribution in [0.3, 0.4) is 0 Å². The van der Waals surface area contributed by atoms with Crippen LogP contribution in [0.15, 0.2) is 24.3 Å². The summed E-state index contributed by atoms with van der Waals surface area (Å²) < 4.78 is 5.70. The van der Waals surface area contributed by atoms with E-state index in [4.69, 9.17) is 0 Å². The molecule has 2 atom stereocenters. The van der Waals surface area contributed by atoms with E-state index in [1.54, 1.807) is 5.30 Å². The van der Waals surface area contributed by atoms with Crippen LogP contribution >= 0.6 is 8.22 Å². The average Bonchev–Trinajstić information content (AvgIpc) is 2.59. The largest absolute Gasteiger partial charge is 0.263 e. The lowest BCUT2D eigenvalue weighted by Gasteiger charge is -2.48. The van der Waals surface area contributed by atoms with E-state index in [-0.39, 0.29) is 8.22 Å². The average molecular weight is 346 g/mol. The van der Waals surface area contributed by atoms with Crippen LogP contribution in [0.2, 0.25) is 0 Å². The normalized spacial score (nSPS) is 27.1. The van der Waals surface area contributed by atoms with Gasteiger partial charge in [-0.05, 0) is 51.0 Å². The lowest BCUT2D eigenvalue weighted by molar-refractivity contribution is 0.232. The Morgan fingerprint density at radius 2 is 1.33 bits per heavy atom. The van der Waals surface area contributed by atoms with E-state index in [9.17, 15) is 0 Å². The second-order valence-corrected chi connectivity index (χ2v) is 10.2. The molecule has 2 saturated heterocycles. The van der Waals surface area contributed by atoms with Crippen LogP contribution in [0.1, 0.15) is 77.7 Å². The maximum atomic E-state index is 2.85. The first-order valence-corrected chi connectivity index (χ1v) is 11.3. The first kappa shape index (κ1) is 18.4. The molecule has 3 heteroatoms. The fourth-order valence-corrected chi connectivity index (χ4v) is 7.11. The first-order chi connectivity index (χ1) is 11.6. The predicted molar refractivity (Wildman–Crippen MR) is 107 cm³/mol. The quantitative estimate of drug-likeness (QED) is 0.665. The van der Waals surface area contributed by atoms with Crippen molar-refractivity contribution in [1.29, 1.82) is 0 Å². The smallest absolute Gasteiger partial charge is 0.0729 e. The van der Waals surface area contributed by atoms with E-state index in [0.717, 1.165) is 12.1 Å². The Kier molecular flexibility index (Phi) is 6.35. The van der Waals surface area contributed by atoms with Crippen molar-refractivity contribution >= 4 is 13.5 Å². The number of hydrogen-bond donors (Lipinski definition) is 0. The van der Waals surface area contributed by atoms with Crippen LogP contribution in [0.5, 0.6) is 0 Å². The third-order valence-corrected chi connectivity index (χ3v) is 8.73. The molecular weight excluding hydrogens is 311 g/mol. The molecule has 134 valence electrons. The van der Waals surface area contributed by atoms with Gasteiger partial charge in [0.15, 0.2) is 0 Å². The zero-order valence-electron chi connectivity index (χ0n) is 16.0. The van der Waals surface area contributed by atoms with Gasteiger partial charge in [0.25, 0.3) is 0 Å². The molecule has 1 aromatic carbocycles. The van der Waals surface area contributed by atoms with Crippen molar-refractivity contribution in [2.45, 2.75) is 84.2 Å². The van der Waals surface area contributed by atoms with Crippen molar-refractivity contribution in [3.63, 3.8) is 0 Å². The number of hydrogen-bond acceptors (Lipinski definition) is 2. The molecule has 2 aliphatic rings. The van der Waals surface area contributed by atoms with Crippen LogP contribution < -0.4 is 5.30 Å². The van der Waals surface area contributed by atoms with E-state index in [1.165, 1.54) is 57.2 Å². The maximum Gasteiger partial charge on any atom is 0.0729 e. The minimum absolute atomic E-state index is 0.336. The highest BCUT2D eigenvalue weighted by atomic mass is 31.1. The van der Waals surface area contributed by atoms with Crippen LogP contribution in [0.4, 0.5) is 0 Å². The second-order valence-electron chi connectivity index (χ2n) is 8.05. The monoisotopic (exact) mass is 346 g/mol. The van der Waals surface area contributed by atoms with E-state index in [2.05, 4.69) is 61.3 Å². The van der Waals surface area contributed by atoms with Gasteiger partial charge in [0.2, 0.25) is 0 Å². The highest BCUT2D eigenvalue weighted by Crippen LogP contribution is 2.50. The van der Waals surface area contributed by atoms with Crippen LogP contribution in [-0.4, -0.2) is 34.5 Å². The molecule has 0 radical (unpaired) electrons. The van der Waals surface area contributed by atoms with Gasteiger partial charge < -0.3 is 0 Å². The minimum atomic E-state index is -0.336. The van der Waals surface area contributed by atoms with Gasteiger partial charge in [-0.15, -0.1) is 0 Å². The van der Waals surface area contributed by atoms with Gasteiger partial charge in [-0.25, -0.2) is 0 Å². The Labute approximate surface area is 150 Å². The summed E-state index contributed by atoms with van der Waals surface area (Å²) in [6.45, 7) is 12.0. The molecule has 0 unspecified atom stereocenters. The summed E-state index contributed by atoms with van der Waals surface area (Å²) in [5.74, 6) is 0.619. The Morgan fingerprint density at radius 3 is 1.75 bits per heavy atom. The van der Waals surface area contributed by atoms with Crippen molar-refractivity contribution in [3.8, 4) is 0 Å². The Bertz CT molecular complexity index is 491. The van der Waals surface area contributed by atoms with E-state index < -0.39 is 0 Å². The molecule has 0 N–H and O–H groups in total. The van der Waals surface area contributed by atoms with Crippen molar-refractivity contribution in [2.75, 3.05) is 13.1 Å². The molecule has 24 heavy (non-hydrogen) atoms. The van der Waals surface area contributed by atoms with Gasteiger partial charge in [0, 0.05) is 30.5 Å². The van der Waals surface area contributed by atoms with Gasteiger partial charge in [0.1, 0.15) is 0 Å².